The topological polar surface area (TPSA) is 71.8 Å². The van der Waals surface area contributed by atoms with Crippen LogP contribution in [0.25, 0.3) is 5.69 Å². The minimum Gasteiger partial charge on any atom is -0.352 e. The molecule has 1 amide bonds. The van der Waals surface area contributed by atoms with Gasteiger partial charge in [-0.05, 0) is 37.1 Å². The number of hydrogen-bond donors (Lipinski definition) is 2. The summed E-state index contributed by atoms with van der Waals surface area (Å²) in [6, 6.07) is 7.96. The van der Waals surface area contributed by atoms with Crippen molar-refractivity contribution in [1.29, 1.82) is 0 Å². The Morgan fingerprint density at radius 2 is 2.04 bits per heavy atom. The first kappa shape index (κ1) is 18.1. The smallest absolute Gasteiger partial charge is 0.223 e. The maximum atomic E-state index is 12.1. The van der Waals surface area contributed by atoms with Crippen LogP contribution in [-0.2, 0) is 17.9 Å². The molecule has 1 heterocycles. The lowest BCUT2D eigenvalue weighted by Gasteiger charge is -2.14. The average molecular weight is 329 g/mol. The predicted octanol–water partition coefficient (Wildman–Crippen LogP) is 2.29. The van der Waals surface area contributed by atoms with Gasteiger partial charge in [0, 0.05) is 19.0 Å². The zero-order chi connectivity index (χ0) is 17.5. The number of nitrogens with one attached hydrogen (secondary N) is 2. The molecule has 6 nitrogen and oxygen atoms in total. The number of hydrogen-bond acceptors (Lipinski definition) is 4. The summed E-state index contributed by atoms with van der Waals surface area (Å²) in [6.07, 6.45) is 2.80. The first-order chi connectivity index (χ1) is 11.5. The number of rotatable bonds is 8. The van der Waals surface area contributed by atoms with Gasteiger partial charge in [-0.15, -0.1) is 5.10 Å². The third-order valence-corrected chi connectivity index (χ3v) is 3.81. The van der Waals surface area contributed by atoms with E-state index in [1.165, 1.54) is 0 Å². The van der Waals surface area contributed by atoms with E-state index < -0.39 is 0 Å². The van der Waals surface area contributed by atoms with E-state index in [1.807, 2.05) is 44.4 Å². The van der Waals surface area contributed by atoms with E-state index in [9.17, 15) is 4.79 Å². The highest BCUT2D eigenvalue weighted by atomic mass is 16.1. The Bertz CT molecular complexity index is 665. The SMILES string of the molecule is CNCc1cn(-c2cccc(CNC(=O)C(C)CC(C)C)c2)nn1. The van der Waals surface area contributed by atoms with E-state index in [4.69, 9.17) is 0 Å². The van der Waals surface area contributed by atoms with Gasteiger partial charge in [-0.2, -0.15) is 0 Å². The Kier molecular flexibility index (Phi) is 6.49. The second kappa shape index (κ2) is 8.59. The lowest BCUT2D eigenvalue weighted by Crippen LogP contribution is -2.29. The molecule has 0 saturated heterocycles. The molecule has 0 fully saturated rings. The highest BCUT2D eigenvalue weighted by Crippen LogP contribution is 2.13. The highest BCUT2D eigenvalue weighted by Gasteiger charge is 2.14. The van der Waals surface area contributed by atoms with Crippen molar-refractivity contribution in [1.82, 2.24) is 25.6 Å². The maximum absolute atomic E-state index is 12.1. The van der Waals surface area contributed by atoms with Crippen molar-refractivity contribution in [2.24, 2.45) is 11.8 Å². The van der Waals surface area contributed by atoms with Crippen molar-refractivity contribution < 1.29 is 4.79 Å². The van der Waals surface area contributed by atoms with Crippen molar-refractivity contribution in [2.75, 3.05) is 7.05 Å². The first-order valence-electron chi connectivity index (χ1n) is 8.42. The van der Waals surface area contributed by atoms with Crippen molar-refractivity contribution >= 4 is 5.91 Å². The molecule has 24 heavy (non-hydrogen) atoms. The fraction of sp³-hybridized carbons (Fsp3) is 0.500. The lowest BCUT2D eigenvalue weighted by atomic mass is 9.98. The van der Waals surface area contributed by atoms with Crippen LogP contribution in [0.4, 0.5) is 0 Å². The summed E-state index contributed by atoms with van der Waals surface area (Å²) in [7, 11) is 1.88. The second-order valence-corrected chi connectivity index (χ2v) is 6.60. The molecule has 1 atom stereocenters. The number of aromatic nitrogens is 3. The normalized spacial score (nSPS) is 12.4. The third kappa shape index (κ3) is 5.16. The van der Waals surface area contributed by atoms with Gasteiger partial charge in [0.25, 0.3) is 0 Å². The van der Waals surface area contributed by atoms with Crippen LogP contribution >= 0.6 is 0 Å². The molecule has 0 saturated carbocycles. The molecule has 6 heteroatoms. The maximum Gasteiger partial charge on any atom is 0.223 e. The van der Waals surface area contributed by atoms with Crippen LogP contribution in [-0.4, -0.2) is 27.9 Å². The summed E-state index contributed by atoms with van der Waals surface area (Å²) in [5, 5.41) is 14.3. The van der Waals surface area contributed by atoms with Gasteiger partial charge < -0.3 is 10.6 Å². The van der Waals surface area contributed by atoms with Crippen LogP contribution in [0.2, 0.25) is 0 Å². The molecule has 0 spiro atoms. The molecule has 0 radical (unpaired) electrons. The fourth-order valence-electron chi connectivity index (χ4n) is 2.67. The van der Waals surface area contributed by atoms with Crippen molar-refractivity contribution in [3.05, 3.63) is 41.7 Å². The van der Waals surface area contributed by atoms with Gasteiger partial charge >= 0.3 is 0 Å². The quantitative estimate of drug-likeness (QED) is 0.779. The fourth-order valence-corrected chi connectivity index (χ4v) is 2.67. The molecular formula is C18H27N5O. The summed E-state index contributed by atoms with van der Waals surface area (Å²) < 4.78 is 1.75. The summed E-state index contributed by atoms with van der Waals surface area (Å²) in [4.78, 5) is 12.1. The Hall–Kier alpha value is -2.21. The third-order valence-electron chi connectivity index (χ3n) is 3.81. The average Bonchev–Trinajstić information content (AvgIpc) is 3.01. The molecule has 130 valence electrons. The van der Waals surface area contributed by atoms with E-state index >= 15 is 0 Å². The van der Waals surface area contributed by atoms with Gasteiger partial charge in [0.05, 0.1) is 17.6 Å². The minimum absolute atomic E-state index is 0.0348. The number of benzene rings is 1. The van der Waals surface area contributed by atoms with E-state index in [-0.39, 0.29) is 11.8 Å². The van der Waals surface area contributed by atoms with Crippen LogP contribution in [0.15, 0.2) is 30.5 Å². The summed E-state index contributed by atoms with van der Waals surface area (Å²) >= 11 is 0. The van der Waals surface area contributed by atoms with E-state index in [1.54, 1.807) is 4.68 Å². The molecular weight excluding hydrogens is 302 g/mol. The van der Waals surface area contributed by atoms with E-state index in [2.05, 4.69) is 34.8 Å². The number of amides is 1. The predicted molar refractivity (Wildman–Crippen MR) is 94.6 cm³/mol. The van der Waals surface area contributed by atoms with Crippen LogP contribution in [0.3, 0.4) is 0 Å². The zero-order valence-electron chi connectivity index (χ0n) is 14.9. The second-order valence-electron chi connectivity index (χ2n) is 6.60. The Morgan fingerprint density at radius 1 is 1.25 bits per heavy atom. The number of carbonyl (C=O) groups is 1. The lowest BCUT2D eigenvalue weighted by molar-refractivity contribution is -0.125. The van der Waals surface area contributed by atoms with Gasteiger partial charge in [-0.25, -0.2) is 4.68 Å². The summed E-state index contributed by atoms with van der Waals surface area (Å²) in [5.41, 5.74) is 2.87. The molecule has 0 bridgehead atoms. The molecule has 2 aromatic rings. The molecule has 2 N–H and O–H groups in total. The van der Waals surface area contributed by atoms with Gasteiger partial charge in [0.1, 0.15) is 0 Å². The monoisotopic (exact) mass is 329 g/mol. The van der Waals surface area contributed by atoms with Crippen LogP contribution < -0.4 is 10.6 Å². The van der Waals surface area contributed by atoms with Crippen molar-refractivity contribution in [3.8, 4) is 5.69 Å². The van der Waals surface area contributed by atoms with E-state index in [0.29, 0.717) is 19.0 Å². The first-order valence-corrected chi connectivity index (χ1v) is 8.42. The molecule has 0 aliphatic rings. The standard InChI is InChI=1S/C18H27N5O/c1-13(2)8-14(3)18(24)20-10-15-6-5-7-17(9-15)23-12-16(11-19-4)21-22-23/h5-7,9,12-14,19H,8,10-11H2,1-4H3,(H,20,24). The number of nitrogens with zero attached hydrogens (tertiary/aromatic N) is 3. The van der Waals surface area contributed by atoms with Crippen molar-refractivity contribution in [3.63, 3.8) is 0 Å². The molecule has 0 aliphatic carbocycles. The van der Waals surface area contributed by atoms with Gasteiger partial charge in [-0.3, -0.25) is 4.79 Å². The number of carbonyl (C=O) groups excluding carboxylic acids is 1. The van der Waals surface area contributed by atoms with Gasteiger partial charge in [0.2, 0.25) is 5.91 Å². The van der Waals surface area contributed by atoms with Crippen molar-refractivity contribution in [2.45, 2.75) is 40.3 Å². The van der Waals surface area contributed by atoms with Crippen LogP contribution in [0.1, 0.15) is 38.4 Å². The molecule has 2 rings (SSSR count). The largest absolute Gasteiger partial charge is 0.352 e. The Morgan fingerprint density at radius 3 is 2.75 bits per heavy atom. The van der Waals surface area contributed by atoms with Crippen LogP contribution in [0, 0.1) is 11.8 Å². The summed E-state index contributed by atoms with van der Waals surface area (Å²) in [5.74, 6) is 0.659. The zero-order valence-corrected chi connectivity index (χ0v) is 14.9. The molecule has 0 aliphatic heterocycles. The molecule has 1 aromatic heterocycles. The van der Waals surface area contributed by atoms with Gasteiger partial charge in [0.15, 0.2) is 0 Å². The Labute approximate surface area is 143 Å². The Balaban J connectivity index is 1.98. The molecule has 1 aromatic carbocycles. The minimum atomic E-state index is 0.0348. The summed E-state index contributed by atoms with van der Waals surface area (Å²) in [6.45, 7) is 7.45. The van der Waals surface area contributed by atoms with E-state index in [0.717, 1.165) is 23.4 Å². The molecule has 1 unspecified atom stereocenters. The van der Waals surface area contributed by atoms with Gasteiger partial charge in [-0.1, -0.05) is 38.1 Å². The highest BCUT2D eigenvalue weighted by molar-refractivity contribution is 5.78. The van der Waals surface area contributed by atoms with Crippen LogP contribution in [0.5, 0.6) is 0 Å².